The van der Waals surface area contributed by atoms with E-state index in [0.29, 0.717) is 33.9 Å². The monoisotopic (exact) mass is 857 g/mol. The van der Waals surface area contributed by atoms with Crippen LogP contribution >= 0.6 is 0 Å². The summed E-state index contributed by atoms with van der Waals surface area (Å²) in [6, 6.07) is 23.8. The van der Waals surface area contributed by atoms with E-state index in [4.69, 9.17) is 19.9 Å². The summed E-state index contributed by atoms with van der Waals surface area (Å²) >= 11 is 0. The Morgan fingerprint density at radius 2 is 1.37 bits per heavy atom. The fourth-order valence-corrected chi connectivity index (χ4v) is 9.89. The topological polar surface area (TPSA) is 243 Å². The summed E-state index contributed by atoms with van der Waals surface area (Å²) in [6.45, 7) is 0.791. The van der Waals surface area contributed by atoms with Gasteiger partial charge in [-0.3, -0.25) is 4.98 Å². The molecule has 1 unspecified atom stereocenters. The van der Waals surface area contributed by atoms with Crippen LogP contribution in [0.25, 0.3) is 22.5 Å². The first-order valence-corrected chi connectivity index (χ1v) is 21.2. The molecule has 2 aromatic heterocycles. The van der Waals surface area contributed by atoms with Crippen LogP contribution < -0.4 is 30.0 Å². The SMILES string of the molecule is COc1ccc(CN(Cc2ccc(OC)cc2)S(=O)(=O)c2c(S(=O)(=O)NC(C)CNC(=O)O)ccc(-c3cncc(N)c3)c2-c2nnn(Cc3ccc(OC)cc3)n2)cc1. The van der Waals surface area contributed by atoms with E-state index < -0.39 is 42.0 Å². The van der Waals surface area contributed by atoms with Crippen molar-refractivity contribution < 1.29 is 40.9 Å². The lowest BCUT2D eigenvalue weighted by atomic mass is 10.00. The molecule has 0 fully saturated rings. The van der Waals surface area contributed by atoms with Crippen LogP contribution in [0.2, 0.25) is 0 Å². The third kappa shape index (κ3) is 10.1. The molecule has 0 aliphatic rings. The second kappa shape index (κ2) is 18.5. The van der Waals surface area contributed by atoms with E-state index in [0.717, 1.165) is 15.9 Å². The Bertz CT molecular complexity index is 2610. The largest absolute Gasteiger partial charge is 0.497 e. The lowest BCUT2D eigenvalue weighted by Crippen LogP contribution is -2.42. The Morgan fingerprint density at radius 1 is 0.817 bits per heavy atom. The first kappa shape index (κ1) is 43.0. The number of benzene rings is 4. The van der Waals surface area contributed by atoms with E-state index >= 15 is 8.42 Å². The van der Waals surface area contributed by atoms with Crippen molar-refractivity contribution in [1.29, 1.82) is 0 Å². The minimum Gasteiger partial charge on any atom is -0.497 e. The number of nitrogens with zero attached hydrogens (tertiary/aromatic N) is 6. The van der Waals surface area contributed by atoms with Crippen molar-refractivity contribution in [2.75, 3.05) is 33.6 Å². The summed E-state index contributed by atoms with van der Waals surface area (Å²) in [6.07, 6.45) is 1.49. The summed E-state index contributed by atoms with van der Waals surface area (Å²) in [4.78, 5) is 15.4. The molecule has 6 aromatic rings. The third-order valence-corrected chi connectivity index (χ3v) is 12.8. The maximum Gasteiger partial charge on any atom is 0.404 e. The Labute approximate surface area is 347 Å². The maximum atomic E-state index is 15.7. The van der Waals surface area contributed by atoms with Crippen LogP contribution in [-0.2, 0) is 39.7 Å². The average molecular weight is 858 g/mol. The molecule has 60 heavy (non-hydrogen) atoms. The maximum absolute atomic E-state index is 15.7. The zero-order valence-electron chi connectivity index (χ0n) is 33.0. The number of sulfonamides is 2. The van der Waals surface area contributed by atoms with Gasteiger partial charge in [-0.2, -0.15) is 9.10 Å². The predicted octanol–water partition coefficient (Wildman–Crippen LogP) is 4.38. The summed E-state index contributed by atoms with van der Waals surface area (Å²) in [7, 11) is -5.12. The Hall–Kier alpha value is -6.61. The molecule has 0 saturated heterocycles. The van der Waals surface area contributed by atoms with Gasteiger partial charge in [-0.15, -0.1) is 10.2 Å². The quantitative estimate of drug-likeness (QED) is 0.0938. The van der Waals surface area contributed by atoms with Crippen LogP contribution in [0.15, 0.2) is 113 Å². The Kier molecular flexibility index (Phi) is 13.3. The van der Waals surface area contributed by atoms with Gasteiger partial charge in [0.2, 0.25) is 25.9 Å². The van der Waals surface area contributed by atoms with E-state index in [1.807, 2.05) is 0 Å². The highest BCUT2D eigenvalue weighted by molar-refractivity contribution is 7.92. The molecule has 0 saturated carbocycles. The molecule has 314 valence electrons. The molecular formula is C40H43N9O9S2. The van der Waals surface area contributed by atoms with Gasteiger partial charge in [0.15, 0.2) is 0 Å². The fraction of sp³-hybridized carbons (Fsp3) is 0.225. The normalized spacial score (nSPS) is 12.2. The van der Waals surface area contributed by atoms with Crippen LogP contribution in [0.5, 0.6) is 17.2 Å². The first-order chi connectivity index (χ1) is 28.7. The number of hydrogen-bond acceptors (Lipinski definition) is 13. The molecule has 18 nitrogen and oxygen atoms in total. The van der Waals surface area contributed by atoms with Crippen LogP contribution in [0.1, 0.15) is 23.6 Å². The highest BCUT2D eigenvalue weighted by Gasteiger charge is 2.38. The number of carbonyl (C=O) groups is 1. The number of aromatic nitrogens is 5. The molecule has 0 bridgehead atoms. The fourth-order valence-electron chi connectivity index (χ4n) is 6.24. The molecule has 5 N–H and O–H groups in total. The van der Waals surface area contributed by atoms with E-state index in [2.05, 4.69) is 30.4 Å². The van der Waals surface area contributed by atoms with E-state index in [9.17, 15) is 18.3 Å². The van der Waals surface area contributed by atoms with Gasteiger partial charge in [-0.1, -0.05) is 42.5 Å². The van der Waals surface area contributed by atoms with Crippen LogP contribution in [-0.4, -0.2) is 91.4 Å². The van der Waals surface area contributed by atoms with E-state index in [1.54, 1.807) is 86.0 Å². The van der Waals surface area contributed by atoms with Gasteiger partial charge in [0.1, 0.15) is 27.0 Å². The zero-order valence-corrected chi connectivity index (χ0v) is 34.6. The Balaban J connectivity index is 1.61. The molecule has 1 amide bonds. The number of ether oxygens (including phenoxy) is 3. The Morgan fingerprint density at radius 3 is 1.88 bits per heavy atom. The number of nitrogen functional groups attached to an aromatic ring is 1. The smallest absolute Gasteiger partial charge is 0.404 e. The third-order valence-electron chi connectivity index (χ3n) is 9.19. The van der Waals surface area contributed by atoms with Gasteiger partial charge in [-0.25, -0.2) is 26.4 Å². The second-order valence-corrected chi connectivity index (χ2v) is 17.0. The van der Waals surface area contributed by atoms with Crippen molar-refractivity contribution in [2.24, 2.45) is 0 Å². The minimum absolute atomic E-state index is 0.114. The molecule has 0 radical (unpaired) electrons. The number of carboxylic acid groups (broad SMARTS) is 1. The van der Waals surface area contributed by atoms with Crippen LogP contribution in [0.3, 0.4) is 0 Å². The molecule has 20 heteroatoms. The first-order valence-electron chi connectivity index (χ1n) is 18.2. The van der Waals surface area contributed by atoms with Crippen molar-refractivity contribution in [2.45, 2.75) is 42.4 Å². The van der Waals surface area contributed by atoms with Crippen LogP contribution in [0, 0.1) is 0 Å². The van der Waals surface area contributed by atoms with Crippen LogP contribution in [0.4, 0.5) is 10.5 Å². The number of amides is 1. The number of tetrazole rings is 1. The highest BCUT2D eigenvalue weighted by atomic mass is 32.2. The van der Waals surface area contributed by atoms with Gasteiger partial charge in [0.25, 0.3) is 0 Å². The average Bonchev–Trinajstić information content (AvgIpc) is 3.70. The molecule has 1 atom stereocenters. The number of pyridine rings is 1. The van der Waals surface area contributed by atoms with Gasteiger partial charge in [0.05, 0.1) is 39.1 Å². The number of rotatable bonds is 18. The number of methoxy groups -OCH3 is 3. The molecular weight excluding hydrogens is 815 g/mol. The highest BCUT2D eigenvalue weighted by Crippen LogP contribution is 2.41. The summed E-state index contributed by atoms with van der Waals surface area (Å²) in [5.41, 5.74) is 8.62. The lowest BCUT2D eigenvalue weighted by Gasteiger charge is -2.26. The molecule has 0 spiro atoms. The molecule has 0 aliphatic heterocycles. The van der Waals surface area contributed by atoms with Crippen molar-refractivity contribution in [1.82, 2.24) is 39.5 Å². The van der Waals surface area contributed by atoms with E-state index in [1.165, 1.54) is 44.4 Å². The molecule has 2 heterocycles. The molecule has 6 rings (SSSR count). The van der Waals surface area contributed by atoms with Crippen molar-refractivity contribution in [3.63, 3.8) is 0 Å². The standard InChI is InChI=1S/C40H43N9O9S2/c1-26(20-43-40(50)51)46-59(52,53)36-18-17-35(30-19-31(41)22-42-21-30)37(39-44-47-49(45-39)25-29-9-15-34(58-4)16-10-29)38(36)60(54,55)48(23-27-5-11-32(56-2)12-6-27)24-28-7-13-33(57-3)14-8-28/h5-19,21-22,26,43,46H,20,23-25,41H2,1-4H3,(H,50,51). The summed E-state index contributed by atoms with van der Waals surface area (Å²) in [5, 5.41) is 24.5. The number of anilines is 1. The number of nitrogens with one attached hydrogen (secondary N) is 2. The summed E-state index contributed by atoms with van der Waals surface area (Å²) < 4.78 is 80.0. The number of hydrogen-bond donors (Lipinski definition) is 4. The van der Waals surface area contributed by atoms with Crippen molar-refractivity contribution in [3.8, 4) is 39.8 Å². The van der Waals surface area contributed by atoms with Gasteiger partial charge < -0.3 is 30.4 Å². The van der Waals surface area contributed by atoms with Crippen molar-refractivity contribution >= 4 is 31.8 Å². The molecule has 4 aromatic carbocycles. The summed E-state index contributed by atoms with van der Waals surface area (Å²) in [5.74, 6) is 1.51. The predicted molar refractivity (Wildman–Crippen MR) is 221 cm³/mol. The minimum atomic E-state index is -4.92. The van der Waals surface area contributed by atoms with Gasteiger partial charge in [0, 0.05) is 43.6 Å². The number of nitrogens with two attached hydrogens (primary N) is 1. The van der Waals surface area contributed by atoms with Crippen molar-refractivity contribution in [3.05, 3.63) is 120 Å². The van der Waals surface area contributed by atoms with Gasteiger partial charge >= 0.3 is 6.09 Å². The van der Waals surface area contributed by atoms with E-state index in [-0.39, 0.29) is 48.8 Å². The lowest BCUT2D eigenvalue weighted by molar-refractivity contribution is 0.193. The molecule has 0 aliphatic carbocycles. The second-order valence-electron chi connectivity index (χ2n) is 13.5. The zero-order chi connectivity index (χ0) is 43.0. The van der Waals surface area contributed by atoms with Gasteiger partial charge in [-0.05, 0) is 82.9 Å².